The van der Waals surface area contributed by atoms with E-state index in [0.717, 1.165) is 6.54 Å². The summed E-state index contributed by atoms with van der Waals surface area (Å²) in [4.78, 5) is 14.9. The summed E-state index contributed by atoms with van der Waals surface area (Å²) < 4.78 is 0. The molecule has 0 radical (unpaired) electrons. The minimum atomic E-state index is 0.253. The fourth-order valence-corrected chi connectivity index (χ4v) is 3.63. The lowest BCUT2D eigenvalue weighted by Crippen LogP contribution is -2.47. The van der Waals surface area contributed by atoms with Gasteiger partial charge in [0.2, 0.25) is 5.91 Å². The lowest BCUT2D eigenvalue weighted by atomic mass is 10.1. The molecule has 3 rings (SSSR count). The van der Waals surface area contributed by atoms with E-state index in [1.165, 1.54) is 0 Å². The largest absolute Gasteiger partial charge is 0.329 e. The lowest BCUT2D eigenvalue weighted by molar-refractivity contribution is -0.140. The van der Waals surface area contributed by atoms with Crippen molar-refractivity contribution in [3.05, 3.63) is 12.4 Å². The molecule has 0 aliphatic carbocycles. The summed E-state index contributed by atoms with van der Waals surface area (Å²) in [6.07, 6.45) is 4.09. The number of hydrogen-bond donors (Lipinski definition) is 0. The molecule has 2 saturated heterocycles. The zero-order valence-electron chi connectivity index (χ0n) is 8.41. The fraction of sp³-hybridized carbons (Fsp3) is 0.667. The molecule has 2 fully saturated rings. The lowest BCUT2D eigenvalue weighted by Gasteiger charge is -2.32. The molecule has 1 amide bonds. The molecule has 1 unspecified atom stereocenters. The van der Waals surface area contributed by atoms with Crippen LogP contribution in [-0.4, -0.2) is 43.0 Å². The van der Waals surface area contributed by atoms with E-state index >= 15 is 0 Å². The maximum Gasteiger partial charge on any atom is 0.226 e. The number of rotatable bonds is 2. The Morgan fingerprint density at radius 1 is 1.53 bits per heavy atom. The molecule has 0 spiro atoms. The fourth-order valence-electron chi connectivity index (χ4n) is 2.06. The summed E-state index contributed by atoms with van der Waals surface area (Å²) >= 11 is 1.87. The standard InChI is InChI=1S/C9H12N4OS/c1-6(13-10-2-3-11-13)7-5-12-8(14)4-9(12)15-7/h2-3,6-7,9H,4-5H2,1H3/t6?,7-,9+/m0/s1. The summed E-state index contributed by atoms with van der Waals surface area (Å²) in [6.45, 7) is 2.95. The van der Waals surface area contributed by atoms with Crippen molar-refractivity contribution in [3.8, 4) is 0 Å². The van der Waals surface area contributed by atoms with Gasteiger partial charge in [-0.2, -0.15) is 15.0 Å². The van der Waals surface area contributed by atoms with Crippen LogP contribution < -0.4 is 0 Å². The van der Waals surface area contributed by atoms with Gasteiger partial charge in [0.15, 0.2) is 0 Å². The molecule has 0 N–H and O–H groups in total. The second kappa shape index (κ2) is 3.23. The van der Waals surface area contributed by atoms with Crippen LogP contribution in [-0.2, 0) is 4.79 Å². The monoisotopic (exact) mass is 224 g/mol. The number of aromatic nitrogens is 3. The van der Waals surface area contributed by atoms with E-state index in [2.05, 4.69) is 17.1 Å². The predicted octanol–water partition coefficient (Wildman–Crippen LogP) is 0.513. The third kappa shape index (κ3) is 1.35. The van der Waals surface area contributed by atoms with Crippen molar-refractivity contribution in [1.29, 1.82) is 0 Å². The minimum Gasteiger partial charge on any atom is -0.329 e. The Morgan fingerprint density at radius 3 is 2.87 bits per heavy atom. The number of thioether (sulfide) groups is 1. The molecule has 6 heteroatoms. The van der Waals surface area contributed by atoms with E-state index in [-0.39, 0.29) is 11.9 Å². The van der Waals surface area contributed by atoms with E-state index in [1.54, 1.807) is 17.2 Å². The molecular formula is C9H12N4OS. The molecule has 1 aromatic heterocycles. The molecule has 2 aliphatic rings. The van der Waals surface area contributed by atoms with Crippen LogP contribution in [0.4, 0.5) is 0 Å². The van der Waals surface area contributed by atoms with Crippen LogP contribution >= 0.6 is 11.8 Å². The Bertz CT molecular complexity index is 379. The first-order valence-electron chi connectivity index (χ1n) is 5.06. The second-order valence-corrected chi connectivity index (χ2v) is 5.39. The van der Waals surface area contributed by atoms with E-state index < -0.39 is 0 Å². The molecule has 0 bridgehead atoms. The van der Waals surface area contributed by atoms with Crippen molar-refractivity contribution in [2.24, 2.45) is 0 Å². The Hall–Kier alpha value is -1.04. The first kappa shape index (κ1) is 9.21. The molecule has 0 saturated carbocycles. The Kier molecular flexibility index (Phi) is 1.98. The number of carbonyl (C=O) groups excluding carboxylic acids is 1. The second-order valence-electron chi connectivity index (χ2n) is 3.97. The van der Waals surface area contributed by atoms with Gasteiger partial charge in [0.25, 0.3) is 0 Å². The summed E-state index contributed by atoms with van der Waals surface area (Å²) in [5, 5.41) is 9.12. The molecule has 3 heterocycles. The zero-order chi connectivity index (χ0) is 10.4. The average Bonchev–Trinajstić information content (AvgIpc) is 2.82. The van der Waals surface area contributed by atoms with E-state index in [9.17, 15) is 4.79 Å². The predicted molar refractivity (Wildman–Crippen MR) is 56.2 cm³/mol. The molecule has 15 heavy (non-hydrogen) atoms. The summed E-state index contributed by atoms with van der Waals surface area (Å²) in [5.74, 6) is 0.288. The van der Waals surface area contributed by atoms with Crippen molar-refractivity contribution in [2.45, 2.75) is 30.0 Å². The maximum absolute atomic E-state index is 11.2. The summed E-state index contributed by atoms with van der Waals surface area (Å²) in [5.41, 5.74) is 0. The van der Waals surface area contributed by atoms with Gasteiger partial charge in [-0.15, -0.1) is 11.8 Å². The van der Waals surface area contributed by atoms with Gasteiger partial charge in [-0.1, -0.05) is 0 Å². The van der Waals surface area contributed by atoms with Gasteiger partial charge < -0.3 is 4.90 Å². The average molecular weight is 224 g/mol. The summed E-state index contributed by atoms with van der Waals surface area (Å²) in [7, 11) is 0. The van der Waals surface area contributed by atoms with Gasteiger partial charge in [0.1, 0.15) is 0 Å². The van der Waals surface area contributed by atoms with Crippen molar-refractivity contribution in [2.75, 3.05) is 6.54 Å². The highest BCUT2D eigenvalue weighted by Crippen LogP contribution is 2.43. The number of fused-ring (bicyclic) bond motifs is 1. The van der Waals surface area contributed by atoms with Gasteiger partial charge in [0, 0.05) is 11.8 Å². The Morgan fingerprint density at radius 2 is 2.27 bits per heavy atom. The third-order valence-corrected chi connectivity index (χ3v) is 4.69. The van der Waals surface area contributed by atoms with Crippen molar-refractivity contribution in [1.82, 2.24) is 19.9 Å². The van der Waals surface area contributed by atoms with E-state index in [4.69, 9.17) is 0 Å². The molecular weight excluding hydrogens is 212 g/mol. The third-order valence-electron chi connectivity index (χ3n) is 3.06. The van der Waals surface area contributed by atoms with E-state index in [0.29, 0.717) is 17.0 Å². The van der Waals surface area contributed by atoms with Crippen LogP contribution in [0, 0.1) is 0 Å². The maximum atomic E-state index is 11.2. The van der Waals surface area contributed by atoms with Crippen molar-refractivity contribution < 1.29 is 4.79 Å². The number of carbonyl (C=O) groups is 1. The van der Waals surface area contributed by atoms with Gasteiger partial charge in [-0.3, -0.25) is 4.79 Å². The molecule has 80 valence electrons. The SMILES string of the molecule is CC([C@@H]1CN2C(=O)C[C@H]2S1)n1nccn1. The number of nitrogens with zero attached hydrogens (tertiary/aromatic N) is 4. The van der Waals surface area contributed by atoms with Crippen LogP contribution in [0.5, 0.6) is 0 Å². The van der Waals surface area contributed by atoms with Crippen LogP contribution in [0.15, 0.2) is 12.4 Å². The van der Waals surface area contributed by atoms with Crippen LogP contribution in [0.25, 0.3) is 0 Å². The Balaban J connectivity index is 1.72. The highest BCUT2D eigenvalue weighted by molar-refractivity contribution is 8.00. The molecule has 1 aromatic rings. The van der Waals surface area contributed by atoms with Crippen molar-refractivity contribution >= 4 is 17.7 Å². The van der Waals surface area contributed by atoms with Gasteiger partial charge in [-0.25, -0.2) is 0 Å². The quantitative estimate of drug-likeness (QED) is 0.687. The molecule has 5 nitrogen and oxygen atoms in total. The van der Waals surface area contributed by atoms with Crippen molar-refractivity contribution in [3.63, 3.8) is 0 Å². The van der Waals surface area contributed by atoms with Crippen LogP contribution in [0.3, 0.4) is 0 Å². The van der Waals surface area contributed by atoms with Crippen LogP contribution in [0.2, 0.25) is 0 Å². The number of hydrogen-bond acceptors (Lipinski definition) is 4. The smallest absolute Gasteiger partial charge is 0.226 e. The molecule has 3 atom stereocenters. The Labute approximate surface area is 91.8 Å². The minimum absolute atomic E-state index is 0.253. The number of amides is 1. The van der Waals surface area contributed by atoms with Gasteiger partial charge in [-0.05, 0) is 6.92 Å². The van der Waals surface area contributed by atoms with Crippen LogP contribution in [0.1, 0.15) is 19.4 Å². The number of β-lactam (4-membered cyclic amide) rings is 1. The topological polar surface area (TPSA) is 51.0 Å². The highest BCUT2D eigenvalue weighted by Gasteiger charge is 2.46. The normalized spacial score (nSPS) is 31.3. The van der Waals surface area contributed by atoms with Gasteiger partial charge in [0.05, 0.1) is 30.2 Å². The van der Waals surface area contributed by atoms with Gasteiger partial charge >= 0.3 is 0 Å². The molecule has 0 aromatic carbocycles. The zero-order valence-corrected chi connectivity index (χ0v) is 9.22. The first-order chi connectivity index (χ1) is 7.25. The molecule has 2 aliphatic heterocycles. The van der Waals surface area contributed by atoms with E-state index in [1.807, 2.05) is 16.7 Å². The first-order valence-corrected chi connectivity index (χ1v) is 6.01. The summed E-state index contributed by atoms with van der Waals surface area (Å²) in [6, 6.07) is 0.253. The highest BCUT2D eigenvalue weighted by atomic mass is 32.2.